The maximum atomic E-state index is 12.5. The zero-order chi connectivity index (χ0) is 17.6. The number of aromatic nitrogens is 2. The van der Waals surface area contributed by atoms with Crippen LogP contribution in [0.5, 0.6) is 11.5 Å². The van der Waals surface area contributed by atoms with E-state index < -0.39 is 0 Å². The van der Waals surface area contributed by atoms with E-state index in [0.717, 1.165) is 11.5 Å². The zero-order valence-corrected chi connectivity index (χ0v) is 14.6. The summed E-state index contributed by atoms with van der Waals surface area (Å²) in [4.78, 5) is 14.3. The first-order chi connectivity index (χ1) is 12.2. The number of fused-ring (bicyclic) bond motifs is 1. The molecule has 2 heterocycles. The van der Waals surface area contributed by atoms with Crippen LogP contribution in [0.3, 0.4) is 0 Å². The normalized spacial score (nSPS) is 17.0. The molecular formula is C18H24N4O3. The summed E-state index contributed by atoms with van der Waals surface area (Å²) in [6.07, 6.45) is 3.43. The Morgan fingerprint density at radius 1 is 1.40 bits per heavy atom. The molecule has 0 saturated carbocycles. The summed E-state index contributed by atoms with van der Waals surface area (Å²) in [6, 6.07) is 9.32. The van der Waals surface area contributed by atoms with Crippen LogP contribution >= 0.6 is 0 Å². The van der Waals surface area contributed by atoms with E-state index in [1.165, 1.54) is 0 Å². The lowest BCUT2D eigenvalue weighted by Gasteiger charge is -2.31. The fourth-order valence-corrected chi connectivity index (χ4v) is 2.79. The predicted octanol–water partition coefficient (Wildman–Crippen LogP) is 2.14. The highest BCUT2D eigenvalue weighted by Crippen LogP contribution is 2.30. The van der Waals surface area contributed by atoms with E-state index >= 15 is 0 Å². The highest BCUT2D eigenvalue weighted by Gasteiger charge is 2.25. The molecule has 7 nitrogen and oxygen atoms in total. The molecule has 1 aromatic carbocycles. The summed E-state index contributed by atoms with van der Waals surface area (Å²) in [5, 5.41) is 7.17. The minimum Gasteiger partial charge on any atom is -0.486 e. The number of hydrogen-bond donors (Lipinski definition) is 1. The van der Waals surface area contributed by atoms with Gasteiger partial charge < -0.3 is 19.7 Å². The van der Waals surface area contributed by atoms with Crippen molar-refractivity contribution in [2.45, 2.75) is 32.5 Å². The summed E-state index contributed by atoms with van der Waals surface area (Å²) in [7, 11) is 0. The number of urea groups is 1. The number of hydrogen-bond acceptors (Lipinski definition) is 4. The van der Waals surface area contributed by atoms with E-state index in [0.29, 0.717) is 26.2 Å². The Labute approximate surface area is 147 Å². The minimum atomic E-state index is -0.179. The van der Waals surface area contributed by atoms with Gasteiger partial charge in [-0.2, -0.15) is 5.10 Å². The van der Waals surface area contributed by atoms with Gasteiger partial charge in [-0.3, -0.25) is 4.68 Å². The Kier molecular flexibility index (Phi) is 5.42. The van der Waals surface area contributed by atoms with E-state index in [1.54, 1.807) is 15.8 Å². The van der Waals surface area contributed by atoms with Crippen molar-refractivity contribution in [1.82, 2.24) is 20.0 Å². The Balaban J connectivity index is 1.52. The number of rotatable bonds is 6. The summed E-state index contributed by atoms with van der Waals surface area (Å²) < 4.78 is 13.5. The molecule has 0 spiro atoms. The number of benzene rings is 1. The van der Waals surface area contributed by atoms with Gasteiger partial charge in [0.25, 0.3) is 0 Å². The number of para-hydroxylation sites is 2. The average Bonchev–Trinajstić information content (AvgIpc) is 3.12. The Morgan fingerprint density at radius 2 is 2.20 bits per heavy atom. The molecule has 134 valence electrons. The third kappa shape index (κ3) is 4.43. The van der Waals surface area contributed by atoms with Crippen LogP contribution in [0.4, 0.5) is 4.79 Å². The lowest BCUT2D eigenvalue weighted by Crippen LogP contribution is -2.50. The summed E-state index contributed by atoms with van der Waals surface area (Å²) in [5.74, 6) is 1.47. The van der Waals surface area contributed by atoms with Gasteiger partial charge in [0.15, 0.2) is 17.6 Å². The molecule has 1 aliphatic rings. The van der Waals surface area contributed by atoms with Crippen molar-refractivity contribution in [3.05, 3.63) is 42.7 Å². The number of nitrogens with zero attached hydrogens (tertiary/aromatic N) is 3. The molecule has 2 aromatic rings. The quantitative estimate of drug-likeness (QED) is 0.872. The van der Waals surface area contributed by atoms with Crippen LogP contribution in [-0.2, 0) is 6.54 Å². The topological polar surface area (TPSA) is 68.6 Å². The molecule has 0 saturated heterocycles. The summed E-state index contributed by atoms with van der Waals surface area (Å²) >= 11 is 0. The predicted molar refractivity (Wildman–Crippen MR) is 93.8 cm³/mol. The SMILES string of the molecule is CCN(C[C@H]1COc2ccccc2O1)C(=O)N[C@H](C)Cn1cccn1. The Hall–Kier alpha value is -2.70. The maximum absolute atomic E-state index is 12.5. The highest BCUT2D eigenvalue weighted by molar-refractivity contribution is 5.74. The molecule has 1 N–H and O–H groups in total. The molecule has 0 bridgehead atoms. The van der Waals surface area contributed by atoms with Crippen LogP contribution in [0.15, 0.2) is 42.7 Å². The van der Waals surface area contributed by atoms with Crippen LogP contribution in [0.2, 0.25) is 0 Å². The van der Waals surface area contributed by atoms with Crippen LogP contribution in [0.1, 0.15) is 13.8 Å². The van der Waals surface area contributed by atoms with E-state index in [9.17, 15) is 4.79 Å². The summed E-state index contributed by atoms with van der Waals surface area (Å²) in [6.45, 7) is 6.06. The molecular weight excluding hydrogens is 320 g/mol. The van der Waals surface area contributed by atoms with Crippen molar-refractivity contribution in [3.63, 3.8) is 0 Å². The van der Waals surface area contributed by atoms with Crippen molar-refractivity contribution in [2.24, 2.45) is 0 Å². The first-order valence-corrected chi connectivity index (χ1v) is 8.57. The number of ether oxygens (including phenoxy) is 2. The second-order valence-corrected chi connectivity index (χ2v) is 6.11. The fourth-order valence-electron chi connectivity index (χ4n) is 2.79. The van der Waals surface area contributed by atoms with Crippen LogP contribution in [-0.4, -0.2) is 52.6 Å². The van der Waals surface area contributed by atoms with E-state index in [1.807, 2.05) is 50.4 Å². The van der Waals surface area contributed by atoms with Gasteiger partial charge in [0.05, 0.1) is 13.1 Å². The first kappa shape index (κ1) is 17.1. The number of amides is 2. The largest absolute Gasteiger partial charge is 0.486 e. The van der Waals surface area contributed by atoms with Crippen molar-refractivity contribution in [2.75, 3.05) is 19.7 Å². The van der Waals surface area contributed by atoms with E-state index in [-0.39, 0.29) is 18.2 Å². The standard InChI is InChI=1S/C18H24N4O3/c1-3-21(18(23)20-14(2)11-22-10-6-9-19-22)12-15-13-24-16-7-4-5-8-17(16)25-15/h4-10,14-15H,3,11-13H2,1-2H3,(H,20,23)/t14-,15+/m1/s1. The number of likely N-dealkylation sites (N-methyl/N-ethyl adjacent to an activating group) is 1. The second kappa shape index (κ2) is 7.92. The lowest BCUT2D eigenvalue weighted by atomic mass is 10.2. The van der Waals surface area contributed by atoms with Gasteiger partial charge in [0.2, 0.25) is 0 Å². The van der Waals surface area contributed by atoms with Gasteiger partial charge in [-0.1, -0.05) is 12.1 Å². The highest BCUT2D eigenvalue weighted by atomic mass is 16.6. The monoisotopic (exact) mass is 344 g/mol. The zero-order valence-electron chi connectivity index (χ0n) is 14.6. The van der Waals surface area contributed by atoms with Crippen molar-refractivity contribution < 1.29 is 14.3 Å². The molecule has 1 aromatic heterocycles. The third-order valence-corrected chi connectivity index (χ3v) is 4.05. The maximum Gasteiger partial charge on any atom is 0.317 e. The third-order valence-electron chi connectivity index (χ3n) is 4.05. The summed E-state index contributed by atoms with van der Waals surface area (Å²) in [5.41, 5.74) is 0. The van der Waals surface area contributed by atoms with Gasteiger partial charge in [0.1, 0.15) is 6.61 Å². The van der Waals surface area contributed by atoms with Gasteiger partial charge in [-0.15, -0.1) is 0 Å². The molecule has 1 aliphatic heterocycles. The number of nitrogens with one attached hydrogen (secondary N) is 1. The van der Waals surface area contributed by atoms with Gasteiger partial charge in [-0.25, -0.2) is 4.79 Å². The first-order valence-electron chi connectivity index (χ1n) is 8.57. The Morgan fingerprint density at radius 3 is 2.92 bits per heavy atom. The number of carbonyl (C=O) groups is 1. The molecule has 0 aliphatic carbocycles. The number of carbonyl (C=O) groups excluding carboxylic acids is 1. The molecule has 0 radical (unpaired) electrons. The molecule has 3 rings (SSSR count). The smallest absolute Gasteiger partial charge is 0.317 e. The van der Waals surface area contributed by atoms with E-state index in [4.69, 9.17) is 9.47 Å². The minimum absolute atomic E-state index is 0.0225. The molecule has 0 unspecified atom stereocenters. The molecule has 0 fully saturated rings. The molecule has 25 heavy (non-hydrogen) atoms. The molecule has 7 heteroatoms. The van der Waals surface area contributed by atoms with Gasteiger partial charge in [-0.05, 0) is 32.0 Å². The van der Waals surface area contributed by atoms with Crippen molar-refractivity contribution >= 4 is 6.03 Å². The molecule has 2 atom stereocenters. The Bertz CT molecular complexity index is 689. The van der Waals surface area contributed by atoms with E-state index in [2.05, 4.69) is 10.4 Å². The van der Waals surface area contributed by atoms with Gasteiger partial charge >= 0.3 is 6.03 Å². The van der Waals surface area contributed by atoms with Crippen LogP contribution in [0, 0.1) is 0 Å². The second-order valence-electron chi connectivity index (χ2n) is 6.11. The average molecular weight is 344 g/mol. The van der Waals surface area contributed by atoms with Crippen LogP contribution < -0.4 is 14.8 Å². The fraction of sp³-hybridized carbons (Fsp3) is 0.444. The molecule has 2 amide bonds. The van der Waals surface area contributed by atoms with Crippen LogP contribution in [0.25, 0.3) is 0 Å². The van der Waals surface area contributed by atoms with Crippen molar-refractivity contribution in [3.8, 4) is 11.5 Å². The van der Waals surface area contributed by atoms with Crippen molar-refractivity contribution in [1.29, 1.82) is 0 Å². The lowest BCUT2D eigenvalue weighted by molar-refractivity contribution is 0.0671. The van der Waals surface area contributed by atoms with Gasteiger partial charge in [0, 0.05) is 25.0 Å².